The van der Waals surface area contributed by atoms with Crippen LogP contribution in [0.2, 0.25) is 5.02 Å². The van der Waals surface area contributed by atoms with E-state index in [-0.39, 0.29) is 5.91 Å². The number of nitrogens with one attached hydrogen (secondary N) is 1. The molecule has 26 heavy (non-hydrogen) atoms. The van der Waals surface area contributed by atoms with E-state index in [1.165, 1.54) is 0 Å². The average Bonchev–Trinajstić information content (AvgIpc) is 2.68. The highest BCUT2D eigenvalue weighted by atomic mass is 35.5. The quantitative estimate of drug-likeness (QED) is 0.678. The summed E-state index contributed by atoms with van der Waals surface area (Å²) in [6.07, 6.45) is 4.26. The van der Waals surface area contributed by atoms with Gasteiger partial charge in [0.1, 0.15) is 12.4 Å². The maximum atomic E-state index is 12.5. The molecule has 0 radical (unpaired) electrons. The molecule has 1 heterocycles. The Labute approximate surface area is 157 Å². The van der Waals surface area contributed by atoms with Crippen molar-refractivity contribution in [3.05, 3.63) is 94.8 Å². The van der Waals surface area contributed by atoms with Crippen LogP contribution in [-0.2, 0) is 13.0 Å². The molecule has 0 unspecified atom stereocenters. The molecule has 132 valence electrons. The van der Waals surface area contributed by atoms with E-state index in [1.807, 2.05) is 48.5 Å². The number of amides is 1. The Bertz CT molecular complexity index is 851. The van der Waals surface area contributed by atoms with Crippen molar-refractivity contribution in [3.8, 4) is 5.75 Å². The Morgan fingerprint density at radius 3 is 2.58 bits per heavy atom. The molecule has 0 bridgehead atoms. The predicted octanol–water partition coefficient (Wildman–Crippen LogP) is 4.29. The lowest BCUT2D eigenvalue weighted by Gasteiger charge is -2.12. The molecule has 4 nitrogen and oxygen atoms in total. The van der Waals surface area contributed by atoms with Crippen LogP contribution in [0.4, 0.5) is 0 Å². The van der Waals surface area contributed by atoms with Crippen LogP contribution < -0.4 is 10.1 Å². The molecule has 0 spiro atoms. The summed E-state index contributed by atoms with van der Waals surface area (Å²) in [5.74, 6) is 0.405. The largest absolute Gasteiger partial charge is 0.488 e. The van der Waals surface area contributed by atoms with E-state index in [0.717, 1.165) is 17.5 Å². The monoisotopic (exact) mass is 366 g/mol. The number of para-hydroxylation sites is 1. The van der Waals surface area contributed by atoms with E-state index in [9.17, 15) is 4.79 Å². The van der Waals surface area contributed by atoms with Crippen LogP contribution in [0.25, 0.3) is 0 Å². The second-order valence-electron chi connectivity index (χ2n) is 5.78. The van der Waals surface area contributed by atoms with Gasteiger partial charge in [-0.1, -0.05) is 41.9 Å². The zero-order valence-electron chi connectivity index (χ0n) is 14.2. The number of aromatic nitrogens is 1. The highest BCUT2D eigenvalue weighted by Gasteiger charge is 2.11. The second kappa shape index (κ2) is 9.02. The third-order valence-electron chi connectivity index (χ3n) is 3.86. The first-order valence-corrected chi connectivity index (χ1v) is 8.73. The van der Waals surface area contributed by atoms with Gasteiger partial charge in [0, 0.05) is 24.0 Å². The van der Waals surface area contributed by atoms with Gasteiger partial charge in [-0.2, -0.15) is 0 Å². The van der Waals surface area contributed by atoms with Crippen molar-refractivity contribution in [2.45, 2.75) is 13.0 Å². The lowest BCUT2D eigenvalue weighted by atomic mass is 10.1. The molecular formula is C21H19ClN2O2. The van der Waals surface area contributed by atoms with Crippen molar-refractivity contribution in [2.75, 3.05) is 6.54 Å². The summed E-state index contributed by atoms with van der Waals surface area (Å²) in [5, 5.41) is 3.61. The number of pyridine rings is 1. The smallest absolute Gasteiger partial charge is 0.255 e. The molecular weight excluding hydrogens is 348 g/mol. The Balaban J connectivity index is 1.58. The average molecular weight is 367 g/mol. The molecule has 1 amide bonds. The number of hydrogen-bond acceptors (Lipinski definition) is 3. The fourth-order valence-corrected chi connectivity index (χ4v) is 2.61. The van der Waals surface area contributed by atoms with E-state index < -0.39 is 0 Å². The first-order valence-electron chi connectivity index (χ1n) is 8.36. The normalized spacial score (nSPS) is 10.3. The fourth-order valence-electron chi connectivity index (χ4n) is 2.48. The van der Waals surface area contributed by atoms with Crippen LogP contribution >= 0.6 is 11.6 Å². The number of hydrogen-bond donors (Lipinski definition) is 1. The van der Waals surface area contributed by atoms with Gasteiger partial charge in [-0.15, -0.1) is 0 Å². The first-order chi connectivity index (χ1) is 12.7. The molecule has 0 aliphatic carbocycles. The van der Waals surface area contributed by atoms with Crippen LogP contribution in [0, 0.1) is 0 Å². The van der Waals surface area contributed by atoms with Gasteiger partial charge in [0.2, 0.25) is 0 Å². The number of benzene rings is 2. The van der Waals surface area contributed by atoms with E-state index in [2.05, 4.69) is 10.3 Å². The van der Waals surface area contributed by atoms with Crippen molar-refractivity contribution in [1.29, 1.82) is 0 Å². The summed E-state index contributed by atoms with van der Waals surface area (Å²) in [7, 11) is 0. The molecule has 3 aromatic rings. The third kappa shape index (κ3) is 5.07. The van der Waals surface area contributed by atoms with Crippen LogP contribution in [0.15, 0.2) is 73.1 Å². The summed E-state index contributed by atoms with van der Waals surface area (Å²) in [6, 6.07) is 18.5. The Hall–Kier alpha value is -2.85. The molecule has 0 atom stereocenters. The summed E-state index contributed by atoms with van der Waals surface area (Å²) >= 11 is 5.89. The molecule has 0 saturated carbocycles. The Kier molecular flexibility index (Phi) is 6.23. The molecule has 0 aliphatic heterocycles. The lowest BCUT2D eigenvalue weighted by molar-refractivity contribution is 0.0949. The fraction of sp³-hybridized carbons (Fsp3) is 0.143. The maximum absolute atomic E-state index is 12.5. The van der Waals surface area contributed by atoms with Gasteiger partial charge in [-0.25, -0.2) is 0 Å². The van der Waals surface area contributed by atoms with Gasteiger partial charge in [0.05, 0.1) is 5.56 Å². The van der Waals surface area contributed by atoms with E-state index in [4.69, 9.17) is 16.3 Å². The van der Waals surface area contributed by atoms with Crippen molar-refractivity contribution >= 4 is 17.5 Å². The standard InChI is InChI=1S/C21H19ClN2O2/c22-18-9-7-17(8-10-18)15-26-20-6-2-1-5-19(20)21(25)24-13-11-16-4-3-12-23-14-16/h1-10,12,14H,11,13,15H2,(H,24,25). The van der Waals surface area contributed by atoms with Crippen LogP contribution in [-0.4, -0.2) is 17.4 Å². The summed E-state index contributed by atoms with van der Waals surface area (Å²) < 4.78 is 5.83. The van der Waals surface area contributed by atoms with Crippen LogP contribution in [0.5, 0.6) is 5.75 Å². The van der Waals surface area contributed by atoms with Gasteiger partial charge in [-0.3, -0.25) is 9.78 Å². The minimum atomic E-state index is -0.152. The number of halogens is 1. The highest BCUT2D eigenvalue weighted by molar-refractivity contribution is 6.30. The summed E-state index contributed by atoms with van der Waals surface area (Å²) in [6.45, 7) is 0.910. The van der Waals surface area contributed by atoms with E-state index in [0.29, 0.717) is 29.5 Å². The number of ether oxygens (including phenoxy) is 1. The SMILES string of the molecule is O=C(NCCc1cccnc1)c1ccccc1OCc1ccc(Cl)cc1. The molecule has 5 heteroatoms. The minimum Gasteiger partial charge on any atom is -0.488 e. The van der Waals surface area contributed by atoms with Gasteiger partial charge >= 0.3 is 0 Å². The van der Waals surface area contributed by atoms with Gasteiger partial charge in [-0.05, 0) is 47.9 Å². The van der Waals surface area contributed by atoms with Crippen LogP contribution in [0.1, 0.15) is 21.5 Å². The van der Waals surface area contributed by atoms with Crippen molar-refractivity contribution in [1.82, 2.24) is 10.3 Å². The predicted molar refractivity (Wildman–Crippen MR) is 103 cm³/mol. The first kappa shape index (κ1) is 18.0. The summed E-state index contributed by atoms with van der Waals surface area (Å²) in [5.41, 5.74) is 2.59. The van der Waals surface area contributed by atoms with E-state index in [1.54, 1.807) is 24.5 Å². The number of nitrogens with zero attached hydrogens (tertiary/aromatic N) is 1. The molecule has 0 aliphatic rings. The molecule has 0 saturated heterocycles. The van der Waals surface area contributed by atoms with Crippen molar-refractivity contribution in [3.63, 3.8) is 0 Å². The van der Waals surface area contributed by atoms with E-state index >= 15 is 0 Å². The number of carbonyl (C=O) groups is 1. The summed E-state index contributed by atoms with van der Waals surface area (Å²) in [4.78, 5) is 16.6. The van der Waals surface area contributed by atoms with Crippen LogP contribution in [0.3, 0.4) is 0 Å². The zero-order valence-corrected chi connectivity index (χ0v) is 14.9. The van der Waals surface area contributed by atoms with Crippen molar-refractivity contribution in [2.24, 2.45) is 0 Å². The molecule has 3 rings (SSSR count). The number of carbonyl (C=O) groups excluding carboxylic acids is 1. The molecule has 1 aromatic heterocycles. The maximum Gasteiger partial charge on any atom is 0.255 e. The molecule has 2 aromatic carbocycles. The third-order valence-corrected chi connectivity index (χ3v) is 4.11. The molecule has 1 N–H and O–H groups in total. The minimum absolute atomic E-state index is 0.152. The van der Waals surface area contributed by atoms with Gasteiger partial charge in [0.25, 0.3) is 5.91 Å². The lowest BCUT2D eigenvalue weighted by Crippen LogP contribution is -2.26. The number of rotatable bonds is 7. The van der Waals surface area contributed by atoms with Gasteiger partial charge in [0.15, 0.2) is 0 Å². The van der Waals surface area contributed by atoms with Gasteiger partial charge < -0.3 is 10.1 Å². The Morgan fingerprint density at radius 1 is 1.00 bits per heavy atom. The Morgan fingerprint density at radius 2 is 1.81 bits per heavy atom. The topological polar surface area (TPSA) is 51.2 Å². The molecule has 0 fully saturated rings. The second-order valence-corrected chi connectivity index (χ2v) is 6.21. The van der Waals surface area contributed by atoms with Crippen molar-refractivity contribution < 1.29 is 9.53 Å². The highest BCUT2D eigenvalue weighted by Crippen LogP contribution is 2.20. The zero-order chi connectivity index (χ0) is 18.2.